The van der Waals surface area contributed by atoms with E-state index in [-0.39, 0.29) is 16.6 Å². The van der Waals surface area contributed by atoms with Crippen LogP contribution < -0.4 is 14.7 Å². The molecule has 11 heterocycles. The van der Waals surface area contributed by atoms with Crippen LogP contribution in [0.1, 0.15) is 81.6 Å². The highest BCUT2D eigenvalue weighted by atomic mass is 15.3. The lowest BCUT2D eigenvalue weighted by atomic mass is 9.77. The van der Waals surface area contributed by atoms with Gasteiger partial charge in [0.05, 0.1) is 28.6 Å². The maximum absolute atomic E-state index is 4.67. The molecule has 19 nitrogen and oxygen atoms in total. The number of para-hydroxylation sites is 2. The van der Waals surface area contributed by atoms with E-state index >= 15 is 0 Å². The Labute approximate surface area is 508 Å². The number of fused-ring (bicyclic) bond motifs is 1. The highest BCUT2D eigenvalue weighted by Crippen LogP contribution is 2.39. The van der Waals surface area contributed by atoms with E-state index in [1.807, 2.05) is 127 Å². The first-order valence-corrected chi connectivity index (χ1v) is 30.2. The van der Waals surface area contributed by atoms with E-state index in [0.717, 1.165) is 113 Å². The number of benzene rings is 1. The zero-order valence-corrected chi connectivity index (χ0v) is 53.1. The second-order valence-corrected chi connectivity index (χ2v) is 25.4. The minimum Gasteiger partial charge on any atom is -0.355 e. The highest BCUT2D eigenvalue weighted by molar-refractivity contribution is 5.76. The van der Waals surface area contributed by atoms with Crippen LogP contribution in [0.25, 0.3) is 56.6 Å². The fourth-order valence-corrected chi connectivity index (χ4v) is 12.5. The predicted octanol–water partition coefficient (Wildman–Crippen LogP) is 10.8. The molecule has 1 aromatic carbocycles. The Bertz CT molecular complexity index is 3430. The van der Waals surface area contributed by atoms with Gasteiger partial charge in [0.2, 0.25) is 0 Å². The molecule has 8 aromatic heterocycles. The summed E-state index contributed by atoms with van der Waals surface area (Å²) in [5, 5.41) is 31.2. The van der Waals surface area contributed by atoms with Crippen molar-refractivity contribution in [1.82, 2.24) is 79.6 Å². The minimum atomic E-state index is 0.158. The quantitative estimate of drug-likeness (QED) is 0.120. The topological polar surface area (TPSA) is 171 Å². The zero-order valence-electron chi connectivity index (χ0n) is 53.1. The molecule has 3 fully saturated rings. The number of anilines is 3. The third-order valence-electron chi connectivity index (χ3n) is 20.2. The van der Waals surface area contributed by atoms with Gasteiger partial charge in [0.25, 0.3) is 0 Å². The Morgan fingerprint density at radius 3 is 1.24 bits per heavy atom. The molecule has 0 bridgehead atoms. The fourth-order valence-electron chi connectivity index (χ4n) is 12.5. The van der Waals surface area contributed by atoms with Crippen molar-refractivity contribution in [3.8, 4) is 45.5 Å². The molecular weight excluding hydrogens is 1070 g/mol. The standard InChI is InChI=1S/C23H30N6.C22H29N7.C22H28N6/c1-17-20(12-15-27(4)23(17,2)3)28(5)22-11-9-19(25-26-22)18-8-10-21(24-16-18)29-13-6-7-14-29;1-16-19(11-14-27(4)22(16,2)3)28(5)21-10-8-18(25-26-21)17-7-9-20(23-15-17)29-13-6-12-24-29;1-15-20(12-13-27(4)22(15,2)3)28(5)21-11-10-18(25-26-21)19-14-23-16-8-6-7-9-17(16)24-19/h6-11,13-14,16-17,20H,12,15H2,1-5H3;6-10,12-13,15-16,19H,11,14H2,1-5H3;6-11,14-15,20H,12-13H2,1-5H3. The van der Waals surface area contributed by atoms with Gasteiger partial charge < -0.3 is 34.0 Å². The summed E-state index contributed by atoms with van der Waals surface area (Å²) in [5.74, 6) is 5.96. The first-order valence-electron chi connectivity index (χ1n) is 30.2. The molecule has 3 saturated heterocycles. The van der Waals surface area contributed by atoms with Crippen molar-refractivity contribution in [2.24, 2.45) is 17.8 Å². The number of hydrogen-bond acceptors (Lipinski definition) is 17. The summed E-state index contributed by atoms with van der Waals surface area (Å²) < 4.78 is 3.72. The first kappa shape index (κ1) is 61.0. The van der Waals surface area contributed by atoms with Crippen molar-refractivity contribution < 1.29 is 0 Å². The van der Waals surface area contributed by atoms with E-state index in [4.69, 9.17) is 0 Å². The van der Waals surface area contributed by atoms with Gasteiger partial charge in [0, 0.05) is 124 Å². The van der Waals surface area contributed by atoms with Gasteiger partial charge >= 0.3 is 0 Å². The third kappa shape index (κ3) is 12.7. The number of nitrogens with zero attached hydrogens (tertiary/aromatic N) is 19. The van der Waals surface area contributed by atoms with Gasteiger partial charge in [-0.2, -0.15) is 5.10 Å². The predicted molar refractivity (Wildman–Crippen MR) is 346 cm³/mol. The maximum Gasteiger partial charge on any atom is 0.153 e. The normalized spacial score (nSPS) is 22.0. The summed E-state index contributed by atoms with van der Waals surface area (Å²) in [4.78, 5) is 32.4. The van der Waals surface area contributed by atoms with Gasteiger partial charge in [-0.3, -0.25) is 4.98 Å². The van der Waals surface area contributed by atoms with Crippen LogP contribution in [0.4, 0.5) is 17.5 Å². The van der Waals surface area contributed by atoms with Crippen molar-refractivity contribution in [3.05, 3.63) is 147 Å². The van der Waals surface area contributed by atoms with Crippen LogP contribution >= 0.6 is 0 Å². The second-order valence-electron chi connectivity index (χ2n) is 25.4. The van der Waals surface area contributed by atoms with Crippen molar-refractivity contribution in [1.29, 1.82) is 0 Å². The number of aromatic nitrogens is 13. The minimum absolute atomic E-state index is 0.158. The van der Waals surface area contributed by atoms with Crippen LogP contribution in [0.5, 0.6) is 0 Å². The largest absolute Gasteiger partial charge is 0.355 e. The Hall–Kier alpha value is -8.13. The van der Waals surface area contributed by atoms with Crippen LogP contribution in [0, 0.1) is 17.8 Å². The monoisotopic (exact) mass is 1160 g/mol. The maximum atomic E-state index is 4.67. The lowest BCUT2D eigenvalue weighted by molar-refractivity contribution is 0.0391. The molecule has 9 aromatic rings. The van der Waals surface area contributed by atoms with Gasteiger partial charge in [-0.05, 0) is 191 Å². The summed E-state index contributed by atoms with van der Waals surface area (Å²) in [6.07, 6.45) is 16.4. The molecule has 0 aliphatic carbocycles. The Balaban J connectivity index is 0.000000143. The smallest absolute Gasteiger partial charge is 0.153 e. The van der Waals surface area contributed by atoms with Crippen LogP contribution in [0.2, 0.25) is 0 Å². The number of rotatable bonds is 11. The number of likely N-dealkylation sites (tertiary alicyclic amines) is 3. The summed E-state index contributed by atoms with van der Waals surface area (Å²) in [6.45, 7) is 24.3. The van der Waals surface area contributed by atoms with E-state index in [0.29, 0.717) is 35.9 Å². The zero-order chi connectivity index (χ0) is 61.1. The molecule has 6 unspecified atom stereocenters. The van der Waals surface area contributed by atoms with Crippen molar-refractivity contribution in [2.45, 2.75) is 116 Å². The molecule has 450 valence electrons. The SMILES string of the molecule is CC1C(N(C)c2ccc(-c3ccc(-n4cccc4)nc3)nn2)CCN(C)C1(C)C.CC1C(N(C)c2ccc(-c3ccc(-n4cccn4)nc3)nn2)CCN(C)C1(C)C.CC1C(N(C)c2ccc(-c3cnc4ccccc4n3)nn2)CCN(C)C1(C)C. The van der Waals surface area contributed by atoms with E-state index in [1.165, 1.54) is 0 Å². The molecule has 0 amide bonds. The second kappa shape index (κ2) is 25.4. The van der Waals surface area contributed by atoms with Crippen molar-refractivity contribution in [3.63, 3.8) is 0 Å². The molecule has 0 spiro atoms. The molecule has 6 atom stereocenters. The first-order chi connectivity index (χ1) is 41.1. The Morgan fingerprint density at radius 1 is 0.419 bits per heavy atom. The Morgan fingerprint density at radius 2 is 0.849 bits per heavy atom. The molecule has 3 aliphatic heterocycles. The molecule has 12 rings (SSSR count). The summed E-state index contributed by atoms with van der Waals surface area (Å²) in [6, 6.07) is 35.2. The van der Waals surface area contributed by atoms with E-state index in [9.17, 15) is 0 Å². The number of hydrogen-bond donors (Lipinski definition) is 0. The summed E-state index contributed by atoms with van der Waals surface area (Å²) in [5.41, 5.74) is 7.29. The van der Waals surface area contributed by atoms with Crippen LogP contribution in [0.3, 0.4) is 0 Å². The third-order valence-corrected chi connectivity index (χ3v) is 20.2. The molecule has 19 heteroatoms. The summed E-state index contributed by atoms with van der Waals surface area (Å²) in [7, 11) is 13.0. The van der Waals surface area contributed by atoms with E-state index in [1.54, 1.807) is 17.1 Å². The average Bonchev–Trinajstić information content (AvgIpc) is 3.15. The molecule has 0 saturated carbocycles. The van der Waals surface area contributed by atoms with Crippen molar-refractivity contribution >= 4 is 28.5 Å². The van der Waals surface area contributed by atoms with Crippen LogP contribution in [-0.4, -0.2) is 176 Å². The molecular formula is C67H87N19. The van der Waals surface area contributed by atoms with Gasteiger partial charge in [0.1, 0.15) is 17.2 Å². The molecule has 0 N–H and O–H groups in total. The summed E-state index contributed by atoms with van der Waals surface area (Å²) >= 11 is 0. The van der Waals surface area contributed by atoms with E-state index < -0.39 is 0 Å². The van der Waals surface area contributed by atoms with Crippen LogP contribution in [0.15, 0.2) is 147 Å². The highest BCUT2D eigenvalue weighted by Gasteiger charge is 2.44. The Kier molecular flexibility index (Phi) is 18.0. The fraction of sp³-hybridized carbons (Fsp3) is 0.448. The van der Waals surface area contributed by atoms with Gasteiger partial charge in [-0.25, -0.2) is 19.6 Å². The molecule has 0 radical (unpaired) electrons. The lowest BCUT2D eigenvalue weighted by Crippen LogP contribution is -2.59. The average molecular weight is 1160 g/mol. The van der Waals surface area contributed by atoms with Gasteiger partial charge in [-0.1, -0.05) is 32.9 Å². The lowest BCUT2D eigenvalue weighted by Gasteiger charge is -2.51. The number of pyridine rings is 2. The van der Waals surface area contributed by atoms with Crippen molar-refractivity contribution in [2.75, 3.05) is 76.6 Å². The van der Waals surface area contributed by atoms with Gasteiger partial charge in [-0.15, -0.1) is 30.6 Å². The molecule has 86 heavy (non-hydrogen) atoms. The van der Waals surface area contributed by atoms with Gasteiger partial charge in [0.15, 0.2) is 23.3 Å². The number of piperidine rings is 3. The van der Waals surface area contributed by atoms with Crippen LogP contribution in [-0.2, 0) is 0 Å². The molecule has 3 aliphatic rings. The van der Waals surface area contributed by atoms with E-state index in [2.05, 4.69) is 202 Å².